The van der Waals surface area contributed by atoms with Gasteiger partial charge in [0.15, 0.2) is 0 Å². The number of hydrogen-bond donors (Lipinski definition) is 2. The fourth-order valence-electron chi connectivity index (χ4n) is 21.8. The van der Waals surface area contributed by atoms with Crippen LogP contribution >= 0.6 is 0 Å². The number of hydrogen-bond acceptors (Lipinski definition) is 24. The molecule has 4 saturated heterocycles. The largest absolute Gasteiger partial charge is 0.463 e. The summed E-state index contributed by atoms with van der Waals surface area (Å²) in [5.41, 5.74) is -6.21. The summed E-state index contributed by atoms with van der Waals surface area (Å²) in [5.74, 6) is 1.47. The van der Waals surface area contributed by atoms with Crippen LogP contribution < -0.4 is 0 Å². The number of carbonyl (C=O) groups is 10. The molecule has 24 nitrogen and oxygen atoms in total. The Labute approximate surface area is 808 Å². The lowest BCUT2D eigenvalue weighted by Gasteiger charge is -2.59. The molecule has 12 atom stereocenters. The molecule has 10 bridgehead atoms. The quantitative estimate of drug-likeness (QED) is 0.0670. The monoisotopic (exact) mass is 1890 g/mol. The maximum absolute atomic E-state index is 12.4. The number of cyclic esters (lactones) is 1. The lowest BCUT2D eigenvalue weighted by atomic mass is 9.52. The zero-order valence-corrected chi connectivity index (χ0v) is 90.3. The lowest BCUT2D eigenvalue weighted by Crippen LogP contribution is -2.61. The van der Waals surface area contributed by atoms with Crippen molar-refractivity contribution in [2.45, 2.75) is 523 Å². The Bertz CT molecular complexity index is 3770. The maximum Gasteiger partial charge on any atom is 0.347 e. The molecule has 12 aliphatic carbocycles. The van der Waals surface area contributed by atoms with Gasteiger partial charge in [0, 0.05) is 54.8 Å². The van der Waals surface area contributed by atoms with Gasteiger partial charge in [-0.3, -0.25) is 43.2 Å². The summed E-state index contributed by atoms with van der Waals surface area (Å²) in [6, 6.07) is 0. The number of carbonyl (C=O) groups excluding carboxylic acids is 10. The van der Waals surface area contributed by atoms with E-state index in [0.29, 0.717) is 81.0 Å². The summed E-state index contributed by atoms with van der Waals surface area (Å²) in [7, 11) is 0. The SMILES string of the molecule is CCC(C)(C)C(=O)OC1(C(C)(C)C)CCCC1.CCC(C)(C)C(=O)OC1(C(C)(C)C)CCCC1.CCC(C)(C)C(=O)OC12CC3CC(CC(O)(C3)C1)C2.CCC(C)(C)C(=O)OC12CC3CC(CC(O)(C3)C1)C2.CCC(C)(C)C(=O)OC1C2CC3C(=O)OC1C3C2.CCC(C)(C)C(=O)OC1CCOC1(C)C.CCC(C)(C)C(=O)OC1CCOC1(C)C.CCC(C)(C)C(=O)OC1CCOC1=O. The molecule has 16 fully saturated rings. The predicted molar refractivity (Wildman–Crippen MR) is 517 cm³/mol. The normalized spacial score (nSPS) is 31.2. The van der Waals surface area contributed by atoms with Gasteiger partial charge >= 0.3 is 59.7 Å². The molecule has 16 rings (SSSR count). The highest BCUT2D eigenvalue weighted by Gasteiger charge is 2.65. The van der Waals surface area contributed by atoms with Gasteiger partial charge in [0.25, 0.3) is 0 Å². The molecule has 0 amide bonds. The van der Waals surface area contributed by atoms with Crippen LogP contribution in [-0.2, 0) is 105 Å². The third-order valence-corrected chi connectivity index (χ3v) is 34.7. The highest BCUT2D eigenvalue weighted by Crippen LogP contribution is 2.62. The van der Waals surface area contributed by atoms with Crippen LogP contribution in [0.1, 0.15) is 447 Å². The van der Waals surface area contributed by atoms with Crippen molar-refractivity contribution in [2.24, 2.45) is 95.6 Å². The van der Waals surface area contributed by atoms with Gasteiger partial charge in [-0.25, -0.2) is 4.79 Å². The average molecular weight is 1890 g/mol. The van der Waals surface area contributed by atoms with Gasteiger partial charge in [-0.05, 0) is 342 Å². The van der Waals surface area contributed by atoms with Gasteiger partial charge in [-0.2, -0.15) is 0 Å². The van der Waals surface area contributed by atoms with Crippen molar-refractivity contribution < 1.29 is 115 Å². The summed E-state index contributed by atoms with van der Waals surface area (Å²) < 4.78 is 66.8. The fourth-order valence-corrected chi connectivity index (χ4v) is 21.8. The molecular weight excluding hydrogens is 1710 g/mol. The molecule has 12 unspecified atom stereocenters. The van der Waals surface area contributed by atoms with Gasteiger partial charge in [-0.1, -0.05) is 96.9 Å². The number of aliphatic hydroxyl groups is 2. The van der Waals surface area contributed by atoms with E-state index >= 15 is 0 Å². The van der Waals surface area contributed by atoms with Crippen LogP contribution in [0.3, 0.4) is 0 Å². The summed E-state index contributed by atoms with van der Waals surface area (Å²) in [6.45, 7) is 69.4. The second kappa shape index (κ2) is 43.6. The van der Waals surface area contributed by atoms with Gasteiger partial charge in [0.2, 0.25) is 6.10 Å². The minimum Gasteiger partial charge on any atom is -0.463 e. The Kier molecular flexibility index (Phi) is 37.5. The molecule has 16 aliphatic rings. The van der Waals surface area contributed by atoms with Crippen LogP contribution in [0, 0.1) is 95.6 Å². The first-order valence-electron chi connectivity index (χ1n) is 52.2. The molecule has 0 aromatic carbocycles. The molecular formula is C110H188O24. The standard InChI is InChI=1S/2C16H26O3.2C15H28O2.C14H20O4.2C12H22O3.C10H16O4/c2*1-4-14(2,3)13(17)19-16-8-11-5-12(9-16)7-15(18,6-11)10-16;2*1-7-14(5,6)12(16)17-15(13(2,3)4)10-8-9-11-15;1-4-14(2,3)13(16)18-10-7-5-8-9(6-7)12(15)17-11(8)10;2*1-6-11(2,3)10(13)15-9-7-8-14-12(9,4)5;1-4-10(2,3)9(12)14-7-5-6-13-8(7)11/h2*11-12,18H,4-10H2,1-3H3;2*7-11H2,1-6H3;7-11H,4-6H2,1-3H3;2*9H,6-8H2,1-5H3;7H,4-6H2,1-3H3. The number of rotatable bonds is 24. The van der Waals surface area contributed by atoms with Crippen molar-refractivity contribution in [2.75, 3.05) is 19.8 Å². The van der Waals surface area contributed by atoms with E-state index in [1.807, 2.05) is 180 Å². The predicted octanol–water partition coefficient (Wildman–Crippen LogP) is 23.0. The third-order valence-electron chi connectivity index (χ3n) is 34.7. The Morgan fingerprint density at radius 2 is 0.642 bits per heavy atom. The Morgan fingerprint density at radius 1 is 0.351 bits per heavy atom. The molecule has 12 saturated carbocycles. The Hall–Kier alpha value is -5.46. The van der Waals surface area contributed by atoms with E-state index in [1.54, 1.807) is 13.8 Å². The molecule has 134 heavy (non-hydrogen) atoms. The Balaban J connectivity index is 0.000000209. The molecule has 4 aliphatic heterocycles. The van der Waals surface area contributed by atoms with E-state index in [4.69, 9.17) is 56.8 Å². The van der Waals surface area contributed by atoms with Crippen LogP contribution in [0.15, 0.2) is 0 Å². The number of fused-ring (bicyclic) bond motifs is 1. The molecule has 0 spiro atoms. The highest BCUT2D eigenvalue weighted by atomic mass is 16.6. The summed E-state index contributed by atoms with van der Waals surface area (Å²) >= 11 is 0. The van der Waals surface area contributed by atoms with Gasteiger partial charge < -0.3 is 67.1 Å². The highest BCUT2D eigenvalue weighted by molar-refractivity contribution is 5.83. The van der Waals surface area contributed by atoms with E-state index in [-0.39, 0.29) is 139 Å². The minimum atomic E-state index is -0.687. The van der Waals surface area contributed by atoms with Crippen LogP contribution in [0.2, 0.25) is 0 Å². The van der Waals surface area contributed by atoms with Crippen LogP contribution in [0.5, 0.6) is 0 Å². The zero-order valence-electron chi connectivity index (χ0n) is 90.3. The second-order valence-corrected chi connectivity index (χ2v) is 51.5. The molecule has 0 aromatic rings. The second-order valence-electron chi connectivity index (χ2n) is 51.5. The van der Waals surface area contributed by atoms with E-state index in [9.17, 15) is 58.2 Å². The van der Waals surface area contributed by atoms with Gasteiger partial charge in [-0.15, -0.1) is 0 Å². The minimum absolute atomic E-state index is 0.0307. The van der Waals surface area contributed by atoms with Crippen molar-refractivity contribution in [1.29, 1.82) is 0 Å². The topological polar surface area (TPSA) is 322 Å². The van der Waals surface area contributed by atoms with Crippen LogP contribution in [0.25, 0.3) is 0 Å². The summed E-state index contributed by atoms with van der Waals surface area (Å²) in [6.07, 6.45) is 29.0. The van der Waals surface area contributed by atoms with E-state index < -0.39 is 55.8 Å². The molecule has 24 heteroatoms. The fraction of sp³-hybridized carbons (Fsp3) is 0.909. The van der Waals surface area contributed by atoms with Gasteiger partial charge in [0.1, 0.15) is 46.8 Å². The molecule has 0 aromatic heterocycles. The molecule has 2 N–H and O–H groups in total. The maximum atomic E-state index is 12.4. The molecule has 4 heterocycles. The van der Waals surface area contributed by atoms with E-state index in [1.165, 1.54) is 38.5 Å². The van der Waals surface area contributed by atoms with E-state index in [0.717, 1.165) is 148 Å². The Morgan fingerprint density at radius 3 is 0.910 bits per heavy atom. The molecule has 772 valence electrons. The number of ether oxygens (including phenoxy) is 12. The lowest BCUT2D eigenvalue weighted by molar-refractivity contribution is -0.226. The first-order valence-corrected chi connectivity index (χ1v) is 52.2. The molecule has 0 radical (unpaired) electrons. The smallest absolute Gasteiger partial charge is 0.347 e. The first kappa shape index (κ1) is 116. The van der Waals surface area contributed by atoms with Crippen molar-refractivity contribution >= 4 is 59.7 Å². The van der Waals surface area contributed by atoms with Crippen molar-refractivity contribution in [3.63, 3.8) is 0 Å². The van der Waals surface area contributed by atoms with Crippen molar-refractivity contribution in [1.82, 2.24) is 0 Å². The van der Waals surface area contributed by atoms with Crippen molar-refractivity contribution in [3.8, 4) is 0 Å². The summed E-state index contributed by atoms with van der Waals surface area (Å²) in [4.78, 5) is 119. The first-order chi connectivity index (χ1) is 61.3. The van der Waals surface area contributed by atoms with Gasteiger partial charge in [0.05, 0.1) is 91.5 Å². The van der Waals surface area contributed by atoms with E-state index in [2.05, 4.69) is 41.5 Å². The van der Waals surface area contributed by atoms with Crippen molar-refractivity contribution in [3.05, 3.63) is 0 Å². The number of esters is 10. The van der Waals surface area contributed by atoms with Crippen LogP contribution in [0.4, 0.5) is 0 Å². The average Bonchev–Trinajstić information content (AvgIpc) is 1.50. The van der Waals surface area contributed by atoms with Crippen LogP contribution in [-0.4, -0.2) is 165 Å². The summed E-state index contributed by atoms with van der Waals surface area (Å²) in [5, 5.41) is 21.3. The third kappa shape index (κ3) is 28.1. The zero-order chi connectivity index (χ0) is 102.